The molecule has 9 heteroatoms. The molecule has 1 aliphatic heterocycles. The number of pyridine rings is 1. The molecule has 1 N–H and O–H groups in total. The Morgan fingerprint density at radius 3 is 2.54 bits per heavy atom. The molecule has 0 spiro atoms. The molecule has 0 bridgehead atoms. The van der Waals surface area contributed by atoms with Crippen molar-refractivity contribution in [2.45, 2.75) is 19.9 Å². The summed E-state index contributed by atoms with van der Waals surface area (Å²) in [4.78, 5) is 29.3. The Kier molecular flexibility index (Phi) is 8.33. The highest BCUT2D eigenvalue weighted by atomic mass is 19.1. The molecule has 0 unspecified atom stereocenters. The minimum Gasteiger partial charge on any atom is -0.476 e. The Balaban J connectivity index is 1.26. The molecular formula is C26H31FN6O2. The summed E-state index contributed by atoms with van der Waals surface area (Å²) < 4.78 is 20.4. The number of ether oxygens (including phenoxy) is 1. The topological polar surface area (TPSA) is 83.5 Å². The van der Waals surface area contributed by atoms with E-state index in [9.17, 15) is 9.18 Å². The van der Waals surface area contributed by atoms with Crippen molar-refractivity contribution in [3.63, 3.8) is 0 Å². The van der Waals surface area contributed by atoms with Crippen LogP contribution in [0.25, 0.3) is 11.1 Å². The summed E-state index contributed by atoms with van der Waals surface area (Å²) in [7, 11) is 2.12. The van der Waals surface area contributed by atoms with Crippen molar-refractivity contribution >= 4 is 5.91 Å². The maximum Gasteiger partial charge on any atom is 0.224 e. The van der Waals surface area contributed by atoms with Crippen molar-refractivity contribution in [2.24, 2.45) is 0 Å². The molecule has 2 aromatic heterocycles. The highest BCUT2D eigenvalue weighted by Crippen LogP contribution is 2.24. The number of nitrogens with one attached hydrogen (secondary N) is 1. The fourth-order valence-electron chi connectivity index (χ4n) is 3.88. The predicted molar refractivity (Wildman–Crippen MR) is 131 cm³/mol. The van der Waals surface area contributed by atoms with Gasteiger partial charge in [-0.2, -0.15) is 9.37 Å². The lowest BCUT2D eigenvalue weighted by Gasteiger charge is -2.32. The first-order chi connectivity index (χ1) is 17.0. The van der Waals surface area contributed by atoms with E-state index < -0.39 is 5.95 Å². The number of nitrogens with zero attached hydrogens (tertiary/aromatic N) is 5. The smallest absolute Gasteiger partial charge is 0.224 e. The summed E-state index contributed by atoms with van der Waals surface area (Å²) in [5, 5.41) is 2.82. The van der Waals surface area contributed by atoms with E-state index in [1.165, 1.54) is 0 Å². The molecule has 1 fully saturated rings. The van der Waals surface area contributed by atoms with Crippen molar-refractivity contribution in [3.05, 3.63) is 71.7 Å². The highest BCUT2D eigenvalue weighted by Gasteiger charge is 2.14. The zero-order valence-corrected chi connectivity index (χ0v) is 20.2. The third kappa shape index (κ3) is 7.27. The van der Waals surface area contributed by atoms with E-state index >= 15 is 0 Å². The second kappa shape index (κ2) is 11.8. The lowest BCUT2D eigenvalue weighted by molar-refractivity contribution is -0.120. The molecular weight excluding hydrogens is 447 g/mol. The van der Waals surface area contributed by atoms with E-state index in [2.05, 4.69) is 37.1 Å². The second-order valence-electron chi connectivity index (χ2n) is 8.75. The molecule has 1 aliphatic rings. The molecule has 35 heavy (non-hydrogen) atoms. The molecule has 3 aromatic rings. The second-order valence-corrected chi connectivity index (χ2v) is 8.75. The fraction of sp³-hybridized carbons (Fsp3) is 0.385. The normalized spacial score (nSPS) is 14.6. The van der Waals surface area contributed by atoms with Gasteiger partial charge >= 0.3 is 0 Å². The van der Waals surface area contributed by atoms with E-state index in [0.717, 1.165) is 44.0 Å². The van der Waals surface area contributed by atoms with Gasteiger partial charge in [-0.25, -0.2) is 9.97 Å². The zero-order valence-electron chi connectivity index (χ0n) is 20.2. The number of amides is 1. The Morgan fingerprint density at radius 1 is 1.06 bits per heavy atom. The number of aryl methyl sites for hydroxylation is 1. The summed E-state index contributed by atoms with van der Waals surface area (Å²) in [6, 6.07) is 12.4. The molecule has 1 aromatic carbocycles. The summed E-state index contributed by atoms with van der Waals surface area (Å²) >= 11 is 0. The van der Waals surface area contributed by atoms with E-state index in [4.69, 9.17) is 4.74 Å². The van der Waals surface area contributed by atoms with Crippen LogP contribution in [0.1, 0.15) is 17.1 Å². The number of benzene rings is 1. The largest absolute Gasteiger partial charge is 0.476 e. The third-order valence-corrected chi connectivity index (χ3v) is 5.99. The maximum atomic E-state index is 14.7. The lowest BCUT2D eigenvalue weighted by atomic mass is 10.0. The maximum absolute atomic E-state index is 14.7. The Morgan fingerprint density at radius 2 is 1.83 bits per heavy atom. The van der Waals surface area contributed by atoms with E-state index in [1.807, 2.05) is 19.1 Å². The van der Waals surface area contributed by atoms with Crippen molar-refractivity contribution in [2.75, 3.05) is 46.4 Å². The number of carbonyl (C=O) groups is 1. The number of likely N-dealkylation sites (N-methyl/N-ethyl adjacent to an activating group) is 1. The lowest BCUT2D eigenvalue weighted by Crippen LogP contribution is -2.45. The van der Waals surface area contributed by atoms with E-state index in [-0.39, 0.29) is 24.8 Å². The zero-order chi connectivity index (χ0) is 24.6. The minimum absolute atomic E-state index is 0.131. The predicted octanol–water partition coefficient (Wildman–Crippen LogP) is 2.47. The van der Waals surface area contributed by atoms with Crippen LogP contribution in [0.4, 0.5) is 4.39 Å². The number of halogens is 1. The van der Waals surface area contributed by atoms with Crippen LogP contribution >= 0.6 is 0 Å². The van der Waals surface area contributed by atoms with Crippen molar-refractivity contribution in [3.8, 4) is 17.0 Å². The van der Waals surface area contributed by atoms with Gasteiger partial charge in [0.1, 0.15) is 12.4 Å². The van der Waals surface area contributed by atoms with Crippen LogP contribution in [0.2, 0.25) is 0 Å². The van der Waals surface area contributed by atoms with Gasteiger partial charge in [-0.1, -0.05) is 24.3 Å². The van der Waals surface area contributed by atoms with Crippen LogP contribution in [0, 0.1) is 12.9 Å². The SMILES string of the molecule is Cc1ccnc(CNC(=O)Cc2ccc(-c3ccc(OCCN4CCN(C)CC4)nc3F)cc2)n1. The van der Waals surface area contributed by atoms with Crippen LogP contribution < -0.4 is 10.1 Å². The molecule has 0 radical (unpaired) electrons. The Hall–Kier alpha value is -3.43. The molecule has 0 saturated carbocycles. The van der Waals surface area contributed by atoms with Gasteiger partial charge in [0.2, 0.25) is 17.7 Å². The van der Waals surface area contributed by atoms with Crippen LogP contribution in [0.3, 0.4) is 0 Å². The van der Waals surface area contributed by atoms with Crippen LogP contribution in [0.15, 0.2) is 48.7 Å². The van der Waals surface area contributed by atoms with Gasteiger partial charge < -0.3 is 15.0 Å². The molecule has 3 heterocycles. The van der Waals surface area contributed by atoms with Gasteiger partial charge in [0.25, 0.3) is 0 Å². The average molecular weight is 479 g/mol. The first kappa shape index (κ1) is 24.7. The van der Waals surface area contributed by atoms with E-state index in [0.29, 0.717) is 23.6 Å². The minimum atomic E-state index is -0.578. The average Bonchev–Trinajstić information content (AvgIpc) is 2.85. The number of rotatable bonds is 9. The van der Waals surface area contributed by atoms with Gasteiger partial charge in [-0.05, 0) is 37.2 Å². The van der Waals surface area contributed by atoms with Crippen LogP contribution in [-0.4, -0.2) is 77.0 Å². The Labute approximate surface area is 205 Å². The van der Waals surface area contributed by atoms with Gasteiger partial charge in [0.15, 0.2) is 0 Å². The molecule has 0 aliphatic carbocycles. The first-order valence-corrected chi connectivity index (χ1v) is 11.8. The van der Waals surface area contributed by atoms with Crippen molar-refractivity contribution in [1.82, 2.24) is 30.1 Å². The number of piperazine rings is 1. The van der Waals surface area contributed by atoms with Gasteiger partial charge in [-0.15, -0.1) is 0 Å². The molecule has 0 atom stereocenters. The summed E-state index contributed by atoms with van der Waals surface area (Å²) in [5.74, 6) is 0.147. The van der Waals surface area contributed by atoms with Crippen molar-refractivity contribution in [1.29, 1.82) is 0 Å². The highest BCUT2D eigenvalue weighted by molar-refractivity contribution is 5.78. The quantitative estimate of drug-likeness (QED) is 0.473. The van der Waals surface area contributed by atoms with Crippen LogP contribution in [-0.2, 0) is 17.8 Å². The molecule has 8 nitrogen and oxygen atoms in total. The molecule has 1 saturated heterocycles. The molecule has 184 valence electrons. The summed E-state index contributed by atoms with van der Waals surface area (Å²) in [6.45, 7) is 7.55. The van der Waals surface area contributed by atoms with Crippen molar-refractivity contribution < 1.29 is 13.9 Å². The van der Waals surface area contributed by atoms with Crippen LogP contribution in [0.5, 0.6) is 5.88 Å². The third-order valence-electron chi connectivity index (χ3n) is 5.99. The van der Waals surface area contributed by atoms with E-state index in [1.54, 1.807) is 36.5 Å². The first-order valence-electron chi connectivity index (χ1n) is 11.8. The molecule has 1 amide bonds. The standard InChI is InChI=1S/C26H31FN6O2/c1-19-9-10-28-23(30-19)18-29-24(34)17-20-3-5-21(6-4-20)22-7-8-25(31-26(22)27)35-16-15-33-13-11-32(2)12-14-33/h3-10H,11-18H2,1-2H3,(H,29,34). The van der Waals surface area contributed by atoms with Gasteiger partial charge in [-0.3, -0.25) is 9.69 Å². The summed E-state index contributed by atoms with van der Waals surface area (Å²) in [6.07, 6.45) is 1.89. The number of hydrogen-bond acceptors (Lipinski definition) is 7. The summed E-state index contributed by atoms with van der Waals surface area (Å²) in [5.41, 5.74) is 2.76. The monoisotopic (exact) mass is 478 g/mol. The number of aromatic nitrogens is 3. The van der Waals surface area contributed by atoms with Gasteiger partial charge in [0, 0.05) is 56.2 Å². The number of hydrogen-bond donors (Lipinski definition) is 1. The number of carbonyl (C=O) groups excluding carboxylic acids is 1. The molecule has 4 rings (SSSR count). The van der Waals surface area contributed by atoms with Gasteiger partial charge in [0.05, 0.1) is 13.0 Å². The Bertz CT molecular complexity index is 1130. The fourth-order valence-corrected chi connectivity index (χ4v) is 3.88.